The van der Waals surface area contributed by atoms with E-state index < -0.39 is 16.0 Å². The second kappa shape index (κ2) is 10.3. The van der Waals surface area contributed by atoms with Gasteiger partial charge in [0.1, 0.15) is 0 Å². The second-order valence-corrected chi connectivity index (χ2v) is 6.32. The summed E-state index contributed by atoms with van der Waals surface area (Å²) < 4.78 is 25.5. The van der Waals surface area contributed by atoms with E-state index in [0.717, 1.165) is 13.1 Å². The first-order chi connectivity index (χ1) is 10.3. The van der Waals surface area contributed by atoms with Gasteiger partial charge < -0.3 is 10.4 Å². The van der Waals surface area contributed by atoms with Gasteiger partial charge in [-0.2, -0.15) is 4.31 Å². The first-order valence-corrected chi connectivity index (χ1v) is 8.83. The fourth-order valence-electron chi connectivity index (χ4n) is 1.75. The zero-order valence-electron chi connectivity index (χ0n) is 13.7. The molecule has 0 saturated carbocycles. The van der Waals surface area contributed by atoms with E-state index in [1.807, 2.05) is 0 Å². The summed E-state index contributed by atoms with van der Waals surface area (Å²) in [4.78, 5) is 10.8. The van der Waals surface area contributed by atoms with Crippen LogP contribution in [-0.2, 0) is 10.0 Å². The Bertz CT molecular complexity index is 552. The fourth-order valence-corrected chi connectivity index (χ4v) is 3.26. The van der Waals surface area contributed by atoms with Crippen molar-refractivity contribution in [1.82, 2.24) is 9.62 Å². The predicted molar refractivity (Wildman–Crippen MR) is 87.7 cm³/mol. The minimum Gasteiger partial charge on any atom is -0.478 e. The molecule has 0 heterocycles. The molecule has 0 radical (unpaired) electrons. The molecule has 1 aromatic carbocycles. The van der Waals surface area contributed by atoms with Gasteiger partial charge in [-0.15, -0.1) is 0 Å². The molecule has 7 heteroatoms. The van der Waals surface area contributed by atoms with Gasteiger partial charge in [-0.05, 0) is 31.3 Å². The van der Waals surface area contributed by atoms with Crippen molar-refractivity contribution >= 4 is 16.0 Å². The number of sulfonamides is 1. The van der Waals surface area contributed by atoms with Gasteiger partial charge in [0, 0.05) is 13.1 Å². The first-order valence-electron chi connectivity index (χ1n) is 7.39. The molecular weight excluding hydrogens is 304 g/mol. The highest BCUT2D eigenvalue weighted by Crippen LogP contribution is 2.16. The molecule has 0 bridgehead atoms. The molecule has 0 spiro atoms. The number of nitrogens with zero attached hydrogens (tertiary/aromatic N) is 1. The topological polar surface area (TPSA) is 86.7 Å². The molecule has 0 atom stereocenters. The van der Waals surface area contributed by atoms with Crippen molar-refractivity contribution in [2.75, 3.05) is 26.2 Å². The standard InChI is InChI=1S/C11H15NO4S.C4H11N/c1-3-12(4-2)17(15,16)10-7-5-6-9(8-10)11(13)14;1-3-5-4-2/h5-8H,3-4H2,1-2H3,(H,13,14);5H,3-4H2,1-2H3. The zero-order chi connectivity index (χ0) is 17.2. The van der Waals surface area contributed by atoms with Crippen LogP contribution in [0.2, 0.25) is 0 Å². The lowest BCUT2D eigenvalue weighted by atomic mass is 10.2. The third kappa shape index (κ3) is 6.13. The van der Waals surface area contributed by atoms with Gasteiger partial charge in [-0.25, -0.2) is 13.2 Å². The van der Waals surface area contributed by atoms with Crippen molar-refractivity contribution in [1.29, 1.82) is 0 Å². The molecule has 0 fully saturated rings. The maximum Gasteiger partial charge on any atom is 0.335 e. The summed E-state index contributed by atoms with van der Waals surface area (Å²) in [6.07, 6.45) is 0. The van der Waals surface area contributed by atoms with E-state index in [-0.39, 0.29) is 10.5 Å². The van der Waals surface area contributed by atoms with Crippen LogP contribution in [0.4, 0.5) is 0 Å². The Hall–Kier alpha value is -1.44. The lowest BCUT2D eigenvalue weighted by Gasteiger charge is -2.18. The van der Waals surface area contributed by atoms with Gasteiger partial charge in [0.2, 0.25) is 10.0 Å². The lowest BCUT2D eigenvalue weighted by molar-refractivity contribution is 0.0696. The quantitative estimate of drug-likeness (QED) is 0.799. The van der Waals surface area contributed by atoms with Crippen molar-refractivity contribution in [2.45, 2.75) is 32.6 Å². The van der Waals surface area contributed by atoms with Crippen molar-refractivity contribution in [3.05, 3.63) is 29.8 Å². The van der Waals surface area contributed by atoms with Crippen molar-refractivity contribution in [3.63, 3.8) is 0 Å². The van der Waals surface area contributed by atoms with E-state index >= 15 is 0 Å². The van der Waals surface area contributed by atoms with Crippen LogP contribution in [0.3, 0.4) is 0 Å². The number of carbonyl (C=O) groups is 1. The number of rotatable bonds is 7. The van der Waals surface area contributed by atoms with Crippen LogP contribution in [0.25, 0.3) is 0 Å². The Morgan fingerprint density at radius 3 is 2.05 bits per heavy atom. The van der Waals surface area contributed by atoms with Gasteiger partial charge in [-0.1, -0.05) is 33.8 Å². The highest BCUT2D eigenvalue weighted by molar-refractivity contribution is 7.89. The normalized spacial score (nSPS) is 11.0. The average Bonchev–Trinajstić information content (AvgIpc) is 2.50. The molecule has 0 aromatic heterocycles. The van der Waals surface area contributed by atoms with Crippen LogP contribution < -0.4 is 5.32 Å². The number of nitrogens with one attached hydrogen (secondary N) is 1. The van der Waals surface area contributed by atoms with Gasteiger partial charge >= 0.3 is 5.97 Å². The molecule has 0 aliphatic rings. The summed E-state index contributed by atoms with van der Waals surface area (Å²) in [5.74, 6) is -1.14. The first kappa shape index (κ1) is 20.6. The van der Waals surface area contributed by atoms with E-state index in [4.69, 9.17) is 5.11 Å². The minimum absolute atomic E-state index is 0.0149. The third-order valence-electron chi connectivity index (χ3n) is 2.92. The molecule has 6 nitrogen and oxygen atoms in total. The van der Waals surface area contributed by atoms with Crippen LogP contribution in [0, 0.1) is 0 Å². The Morgan fingerprint density at radius 1 is 1.14 bits per heavy atom. The monoisotopic (exact) mass is 330 g/mol. The largest absolute Gasteiger partial charge is 0.478 e. The highest BCUT2D eigenvalue weighted by Gasteiger charge is 2.22. The minimum atomic E-state index is -3.59. The van der Waals surface area contributed by atoms with Gasteiger partial charge in [-0.3, -0.25) is 0 Å². The number of aromatic carboxylic acids is 1. The molecule has 0 aliphatic heterocycles. The van der Waals surface area contributed by atoms with Crippen LogP contribution >= 0.6 is 0 Å². The Kier molecular flexibility index (Phi) is 9.64. The Morgan fingerprint density at radius 2 is 1.68 bits per heavy atom. The maximum atomic E-state index is 12.1. The summed E-state index contributed by atoms with van der Waals surface area (Å²) in [6, 6.07) is 5.37. The number of benzene rings is 1. The van der Waals surface area contributed by atoms with Gasteiger partial charge in [0.15, 0.2) is 0 Å². The molecule has 0 saturated heterocycles. The number of carboxylic acids is 1. The molecule has 22 heavy (non-hydrogen) atoms. The maximum absolute atomic E-state index is 12.1. The van der Waals surface area contributed by atoms with Crippen LogP contribution in [0.15, 0.2) is 29.2 Å². The summed E-state index contributed by atoms with van der Waals surface area (Å²) in [5.41, 5.74) is -0.0294. The molecule has 1 aromatic rings. The summed E-state index contributed by atoms with van der Waals surface area (Å²) in [6.45, 7) is 10.6. The van der Waals surface area contributed by atoms with Crippen molar-refractivity contribution in [2.24, 2.45) is 0 Å². The van der Waals surface area contributed by atoms with E-state index in [9.17, 15) is 13.2 Å². The number of carboxylic acid groups (broad SMARTS) is 1. The third-order valence-corrected chi connectivity index (χ3v) is 4.97. The van der Waals surface area contributed by atoms with Crippen LogP contribution in [0.1, 0.15) is 38.1 Å². The fraction of sp³-hybridized carbons (Fsp3) is 0.533. The molecular formula is C15H26N2O4S. The summed E-state index contributed by atoms with van der Waals surface area (Å²) in [7, 11) is -3.59. The van der Waals surface area contributed by atoms with Crippen LogP contribution in [-0.4, -0.2) is 50.0 Å². The number of hydrogen-bond donors (Lipinski definition) is 2. The van der Waals surface area contributed by atoms with E-state index in [1.54, 1.807) is 13.8 Å². The molecule has 0 amide bonds. The highest BCUT2D eigenvalue weighted by atomic mass is 32.2. The molecule has 126 valence electrons. The van der Waals surface area contributed by atoms with Crippen molar-refractivity contribution in [3.8, 4) is 0 Å². The lowest BCUT2D eigenvalue weighted by Crippen LogP contribution is -2.30. The Labute approximate surface area is 133 Å². The zero-order valence-corrected chi connectivity index (χ0v) is 14.5. The smallest absolute Gasteiger partial charge is 0.335 e. The molecule has 0 aliphatic carbocycles. The second-order valence-electron chi connectivity index (χ2n) is 4.38. The van der Waals surface area contributed by atoms with E-state index in [0.29, 0.717) is 13.1 Å². The van der Waals surface area contributed by atoms with Crippen LogP contribution in [0.5, 0.6) is 0 Å². The van der Waals surface area contributed by atoms with Gasteiger partial charge in [0.25, 0.3) is 0 Å². The molecule has 0 unspecified atom stereocenters. The number of hydrogen-bond acceptors (Lipinski definition) is 4. The summed E-state index contributed by atoms with van der Waals surface area (Å²) >= 11 is 0. The Balaban J connectivity index is 0.000000763. The summed E-state index contributed by atoms with van der Waals surface area (Å²) in [5, 5.41) is 11.9. The average molecular weight is 330 g/mol. The SMILES string of the molecule is CCN(CC)S(=O)(=O)c1cccc(C(=O)O)c1.CCNCC. The van der Waals surface area contributed by atoms with E-state index in [2.05, 4.69) is 19.2 Å². The molecule has 2 N–H and O–H groups in total. The predicted octanol–water partition coefficient (Wildman–Crippen LogP) is 2.03. The van der Waals surface area contributed by atoms with Gasteiger partial charge in [0.05, 0.1) is 10.5 Å². The molecule has 1 rings (SSSR count). The van der Waals surface area contributed by atoms with E-state index in [1.165, 1.54) is 28.6 Å². The van der Waals surface area contributed by atoms with Crippen molar-refractivity contribution < 1.29 is 18.3 Å².